The first-order chi connectivity index (χ1) is 8.99. The van der Waals surface area contributed by atoms with Crippen molar-refractivity contribution in [2.24, 2.45) is 7.05 Å². The maximum Gasteiger partial charge on any atom is 0.216 e. The fourth-order valence-electron chi connectivity index (χ4n) is 1.93. The molecular weight excluding hydrogens is 246 g/mol. The minimum absolute atomic E-state index is 0.0138. The van der Waals surface area contributed by atoms with Gasteiger partial charge >= 0.3 is 0 Å². The summed E-state index contributed by atoms with van der Waals surface area (Å²) in [5.74, 6) is -0.242. The highest BCUT2D eigenvalue weighted by Crippen LogP contribution is 2.22. The van der Waals surface area contributed by atoms with Crippen molar-refractivity contribution in [2.45, 2.75) is 19.1 Å². The highest BCUT2D eigenvalue weighted by molar-refractivity contribution is 5.79. The van der Waals surface area contributed by atoms with Gasteiger partial charge in [0.25, 0.3) is 0 Å². The lowest BCUT2D eigenvalue weighted by atomic mass is 10.0. The van der Waals surface area contributed by atoms with Gasteiger partial charge in [0.05, 0.1) is 11.7 Å². The minimum atomic E-state index is -1.05. The van der Waals surface area contributed by atoms with E-state index < -0.39 is 12.2 Å². The molecule has 19 heavy (non-hydrogen) atoms. The number of aromatic nitrogens is 2. The SMILES string of the molecule is CC(=O)NCC(O)C(O)c1ccc2cnn(C)c2c1. The van der Waals surface area contributed by atoms with Crippen LogP contribution in [0, 0.1) is 0 Å². The second-order valence-corrected chi connectivity index (χ2v) is 4.54. The summed E-state index contributed by atoms with van der Waals surface area (Å²) in [5, 5.41) is 27.4. The lowest BCUT2D eigenvalue weighted by Gasteiger charge is -2.18. The Kier molecular flexibility index (Phi) is 3.82. The third-order valence-electron chi connectivity index (χ3n) is 3.04. The number of fused-ring (bicyclic) bond motifs is 1. The molecule has 102 valence electrons. The van der Waals surface area contributed by atoms with Crippen molar-refractivity contribution in [1.29, 1.82) is 0 Å². The van der Waals surface area contributed by atoms with Crippen LogP contribution in [-0.4, -0.2) is 38.5 Å². The number of benzene rings is 1. The van der Waals surface area contributed by atoms with Crippen LogP contribution in [0.5, 0.6) is 0 Å². The maximum absolute atomic E-state index is 10.8. The Morgan fingerprint density at radius 2 is 2.21 bits per heavy atom. The average molecular weight is 263 g/mol. The number of nitrogens with one attached hydrogen (secondary N) is 1. The summed E-state index contributed by atoms with van der Waals surface area (Å²) in [7, 11) is 1.81. The quantitative estimate of drug-likeness (QED) is 0.730. The van der Waals surface area contributed by atoms with Crippen molar-refractivity contribution in [1.82, 2.24) is 15.1 Å². The number of nitrogens with zero attached hydrogens (tertiary/aromatic N) is 2. The number of hydrogen-bond donors (Lipinski definition) is 3. The highest BCUT2D eigenvalue weighted by atomic mass is 16.3. The first kappa shape index (κ1) is 13.5. The van der Waals surface area contributed by atoms with Crippen molar-refractivity contribution in [3.63, 3.8) is 0 Å². The van der Waals surface area contributed by atoms with E-state index in [1.807, 2.05) is 13.1 Å². The molecule has 0 fully saturated rings. The van der Waals surface area contributed by atoms with Crippen LogP contribution in [0.1, 0.15) is 18.6 Å². The number of aliphatic hydroxyl groups is 2. The van der Waals surface area contributed by atoms with E-state index in [9.17, 15) is 15.0 Å². The smallest absolute Gasteiger partial charge is 0.216 e. The van der Waals surface area contributed by atoms with Gasteiger partial charge in [0, 0.05) is 25.9 Å². The molecule has 2 unspecified atom stereocenters. The Morgan fingerprint density at radius 1 is 1.47 bits per heavy atom. The van der Waals surface area contributed by atoms with Crippen LogP contribution in [0.25, 0.3) is 10.9 Å². The van der Waals surface area contributed by atoms with Gasteiger partial charge in [0.2, 0.25) is 5.91 Å². The van der Waals surface area contributed by atoms with Crippen molar-refractivity contribution >= 4 is 16.8 Å². The maximum atomic E-state index is 10.8. The van der Waals surface area contributed by atoms with E-state index >= 15 is 0 Å². The van der Waals surface area contributed by atoms with E-state index in [0.717, 1.165) is 10.9 Å². The molecule has 0 spiro atoms. The zero-order chi connectivity index (χ0) is 14.0. The van der Waals surface area contributed by atoms with Crippen molar-refractivity contribution in [2.75, 3.05) is 6.54 Å². The Balaban J connectivity index is 2.18. The molecule has 0 aliphatic carbocycles. The predicted molar refractivity (Wildman–Crippen MR) is 70.4 cm³/mol. The van der Waals surface area contributed by atoms with Crippen LogP contribution in [0.2, 0.25) is 0 Å². The Labute approximate surface area is 110 Å². The fraction of sp³-hybridized carbons (Fsp3) is 0.385. The summed E-state index contributed by atoms with van der Waals surface area (Å²) in [4.78, 5) is 10.8. The van der Waals surface area contributed by atoms with Crippen LogP contribution >= 0.6 is 0 Å². The topological polar surface area (TPSA) is 87.4 Å². The zero-order valence-corrected chi connectivity index (χ0v) is 10.9. The normalized spacial score (nSPS) is 14.3. The molecule has 6 heteroatoms. The third kappa shape index (κ3) is 2.91. The largest absolute Gasteiger partial charge is 0.388 e. The predicted octanol–water partition coefficient (Wildman–Crippen LogP) is 0.104. The summed E-state index contributed by atoms with van der Waals surface area (Å²) >= 11 is 0. The van der Waals surface area contributed by atoms with Crippen LogP contribution in [-0.2, 0) is 11.8 Å². The van der Waals surface area contributed by atoms with E-state index in [1.54, 1.807) is 23.0 Å². The number of aryl methyl sites for hydroxylation is 1. The summed E-state index contributed by atoms with van der Waals surface area (Å²) in [5.41, 5.74) is 1.47. The number of aliphatic hydroxyl groups excluding tert-OH is 2. The van der Waals surface area contributed by atoms with Gasteiger partial charge in [0.1, 0.15) is 12.2 Å². The highest BCUT2D eigenvalue weighted by Gasteiger charge is 2.19. The van der Waals surface area contributed by atoms with Crippen LogP contribution in [0.15, 0.2) is 24.4 Å². The van der Waals surface area contributed by atoms with Crippen molar-refractivity contribution in [3.05, 3.63) is 30.0 Å². The minimum Gasteiger partial charge on any atom is -0.388 e. The number of carbonyl (C=O) groups is 1. The van der Waals surface area contributed by atoms with Crippen LogP contribution in [0.4, 0.5) is 0 Å². The molecule has 2 atom stereocenters. The van der Waals surface area contributed by atoms with Gasteiger partial charge in [-0.3, -0.25) is 9.48 Å². The molecule has 2 rings (SSSR count). The number of hydrogen-bond acceptors (Lipinski definition) is 4. The number of carbonyl (C=O) groups excluding carboxylic acids is 1. The van der Waals surface area contributed by atoms with Crippen LogP contribution < -0.4 is 5.32 Å². The first-order valence-electron chi connectivity index (χ1n) is 6.01. The van der Waals surface area contributed by atoms with Gasteiger partial charge in [-0.15, -0.1) is 0 Å². The molecule has 6 nitrogen and oxygen atoms in total. The molecule has 1 aromatic heterocycles. The zero-order valence-electron chi connectivity index (χ0n) is 10.9. The molecule has 1 amide bonds. The molecule has 0 aliphatic heterocycles. The van der Waals surface area contributed by atoms with Gasteiger partial charge in [-0.05, 0) is 11.6 Å². The summed E-state index contributed by atoms with van der Waals surface area (Å²) < 4.78 is 1.70. The molecule has 0 bridgehead atoms. The Morgan fingerprint density at radius 3 is 2.89 bits per heavy atom. The monoisotopic (exact) mass is 263 g/mol. The lowest BCUT2D eigenvalue weighted by Crippen LogP contribution is -2.34. The van der Waals surface area contributed by atoms with E-state index in [2.05, 4.69) is 10.4 Å². The molecule has 0 radical (unpaired) electrons. The summed E-state index contributed by atoms with van der Waals surface area (Å²) in [6.45, 7) is 1.38. The lowest BCUT2D eigenvalue weighted by molar-refractivity contribution is -0.119. The van der Waals surface area contributed by atoms with Crippen molar-refractivity contribution in [3.8, 4) is 0 Å². The van der Waals surface area contributed by atoms with Gasteiger partial charge in [-0.1, -0.05) is 12.1 Å². The second-order valence-electron chi connectivity index (χ2n) is 4.54. The molecule has 0 aliphatic rings. The average Bonchev–Trinajstić information content (AvgIpc) is 2.76. The van der Waals surface area contributed by atoms with Gasteiger partial charge < -0.3 is 15.5 Å². The van der Waals surface area contributed by atoms with Gasteiger partial charge in [0.15, 0.2) is 0 Å². The van der Waals surface area contributed by atoms with E-state index in [4.69, 9.17) is 0 Å². The second kappa shape index (κ2) is 5.38. The standard InChI is InChI=1S/C13H17N3O3/c1-8(17)14-7-12(18)13(19)9-3-4-10-6-15-16(2)11(10)5-9/h3-6,12-13,18-19H,7H2,1-2H3,(H,14,17). The van der Waals surface area contributed by atoms with Gasteiger partial charge in [-0.25, -0.2) is 0 Å². The van der Waals surface area contributed by atoms with Gasteiger partial charge in [-0.2, -0.15) is 5.10 Å². The Hall–Kier alpha value is -1.92. The third-order valence-corrected chi connectivity index (χ3v) is 3.04. The van der Waals surface area contributed by atoms with E-state index in [-0.39, 0.29) is 12.5 Å². The summed E-state index contributed by atoms with van der Waals surface area (Å²) in [6, 6.07) is 5.36. The molecule has 1 aromatic carbocycles. The number of amides is 1. The van der Waals surface area contributed by atoms with Crippen LogP contribution in [0.3, 0.4) is 0 Å². The van der Waals surface area contributed by atoms with E-state index in [0.29, 0.717) is 5.56 Å². The summed E-state index contributed by atoms with van der Waals surface area (Å²) in [6.07, 6.45) is -0.361. The first-order valence-corrected chi connectivity index (χ1v) is 6.01. The molecule has 0 saturated carbocycles. The Bertz CT molecular complexity index is 594. The van der Waals surface area contributed by atoms with E-state index in [1.165, 1.54) is 6.92 Å². The molecular formula is C13H17N3O3. The fourth-order valence-corrected chi connectivity index (χ4v) is 1.93. The molecule has 1 heterocycles. The molecule has 2 aromatic rings. The molecule has 3 N–H and O–H groups in total. The van der Waals surface area contributed by atoms with Crippen molar-refractivity contribution < 1.29 is 15.0 Å². The molecule has 0 saturated heterocycles. The number of rotatable bonds is 4.